The van der Waals surface area contributed by atoms with Gasteiger partial charge >= 0.3 is 0 Å². The van der Waals surface area contributed by atoms with Crippen LogP contribution in [0.15, 0.2) is 22.6 Å². The largest absolute Gasteiger partial charge is 0.466 e. The van der Waals surface area contributed by atoms with Gasteiger partial charge in [0.25, 0.3) is 0 Å². The number of aryl methyl sites for hydroxylation is 2. The normalized spacial score (nSPS) is 10.6. The Morgan fingerprint density at radius 3 is 2.60 bits per heavy atom. The molecule has 0 unspecified atom stereocenters. The van der Waals surface area contributed by atoms with Crippen LogP contribution in [-0.2, 0) is 0 Å². The van der Waals surface area contributed by atoms with Crippen LogP contribution in [-0.4, -0.2) is 5.78 Å². The standard InChI is InChI=1S/C11H9ClO2S/c1-6-5-8(7(2)14-6)11(13)9-3-4-10(12)15-9/h3-5H,1-2H3. The average molecular weight is 241 g/mol. The van der Waals surface area contributed by atoms with E-state index in [0.29, 0.717) is 20.5 Å². The van der Waals surface area contributed by atoms with Crippen LogP contribution in [0, 0.1) is 13.8 Å². The van der Waals surface area contributed by atoms with Gasteiger partial charge in [0.05, 0.1) is 14.8 Å². The summed E-state index contributed by atoms with van der Waals surface area (Å²) in [7, 11) is 0. The minimum absolute atomic E-state index is 0.0266. The van der Waals surface area contributed by atoms with Gasteiger partial charge in [-0.25, -0.2) is 0 Å². The third-order valence-corrected chi connectivity index (χ3v) is 3.31. The molecule has 2 nitrogen and oxygen atoms in total. The van der Waals surface area contributed by atoms with E-state index in [9.17, 15) is 4.79 Å². The molecular formula is C11H9ClO2S. The van der Waals surface area contributed by atoms with Crippen molar-refractivity contribution in [2.75, 3.05) is 0 Å². The van der Waals surface area contributed by atoms with Crippen molar-refractivity contribution >= 4 is 28.7 Å². The molecule has 0 aliphatic rings. The number of carbonyl (C=O) groups is 1. The van der Waals surface area contributed by atoms with Gasteiger partial charge < -0.3 is 4.42 Å². The van der Waals surface area contributed by atoms with E-state index in [0.717, 1.165) is 5.76 Å². The van der Waals surface area contributed by atoms with Crippen LogP contribution < -0.4 is 0 Å². The first-order valence-corrected chi connectivity index (χ1v) is 5.64. The molecule has 0 saturated carbocycles. The van der Waals surface area contributed by atoms with Gasteiger partial charge in [0, 0.05) is 0 Å². The fourth-order valence-corrected chi connectivity index (χ4v) is 2.42. The van der Waals surface area contributed by atoms with E-state index in [-0.39, 0.29) is 5.78 Å². The lowest BCUT2D eigenvalue weighted by Crippen LogP contribution is -1.98. The lowest BCUT2D eigenvalue weighted by Gasteiger charge is -1.93. The van der Waals surface area contributed by atoms with Crippen LogP contribution in [0.1, 0.15) is 26.8 Å². The first-order valence-electron chi connectivity index (χ1n) is 4.45. The highest BCUT2D eigenvalue weighted by molar-refractivity contribution is 7.18. The van der Waals surface area contributed by atoms with Crippen LogP contribution in [0.25, 0.3) is 0 Å². The molecule has 0 saturated heterocycles. The molecule has 2 heterocycles. The third-order valence-electron chi connectivity index (χ3n) is 2.08. The van der Waals surface area contributed by atoms with Crippen LogP contribution >= 0.6 is 22.9 Å². The second-order valence-corrected chi connectivity index (χ2v) is 4.97. The number of rotatable bonds is 2. The molecule has 0 radical (unpaired) electrons. The van der Waals surface area contributed by atoms with E-state index in [1.807, 2.05) is 6.92 Å². The predicted molar refractivity (Wildman–Crippen MR) is 60.9 cm³/mol. The highest BCUT2D eigenvalue weighted by Gasteiger charge is 2.16. The molecule has 0 N–H and O–H groups in total. The summed E-state index contributed by atoms with van der Waals surface area (Å²) in [6.07, 6.45) is 0. The van der Waals surface area contributed by atoms with Gasteiger partial charge in [0.15, 0.2) is 0 Å². The number of hydrogen-bond acceptors (Lipinski definition) is 3. The van der Waals surface area contributed by atoms with Gasteiger partial charge in [-0.1, -0.05) is 11.6 Å². The van der Waals surface area contributed by atoms with E-state index >= 15 is 0 Å². The van der Waals surface area contributed by atoms with Crippen molar-refractivity contribution in [3.63, 3.8) is 0 Å². The Balaban J connectivity index is 2.40. The molecule has 0 aliphatic carbocycles. The zero-order valence-electron chi connectivity index (χ0n) is 8.33. The van der Waals surface area contributed by atoms with Crippen molar-refractivity contribution in [3.05, 3.63) is 44.5 Å². The summed E-state index contributed by atoms with van der Waals surface area (Å²) in [5, 5.41) is 0. The zero-order valence-corrected chi connectivity index (χ0v) is 9.91. The molecule has 2 aromatic heterocycles. The number of furan rings is 1. The Labute approximate surface area is 96.5 Å². The second kappa shape index (κ2) is 3.83. The smallest absolute Gasteiger partial charge is 0.206 e. The highest BCUT2D eigenvalue weighted by atomic mass is 35.5. The predicted octanol–water partition coefficient (Wildman–Crippen LogP) is 3.84. The average Bonchev–Trinajstić information content (AvgIpc) is 2.71. The van der Waals surface area contributed by atoms with Crippen molar-refractivity contribution in [1.29, 1.82) is 0 Å². The lowest BCUT2D eigenvalue weighted by atomic mass is 10.1. The lowest BCUT2D eigenvalue weighted by molar-refractivity contribution is 0.104. The molecule has 78 valence electrons. The van der Waals surface area contributed by atoms with Crippen LogP contribution in [0.5, 0.6) is 0 Å². The first-order chi connectivity index (χ1) is 7.08. The molecule has 0 amide bonds. The summed E-state index contributed by atoms with van der Waals surface area (Å²) in [5.41, 5.74) is 0.617. The summed E-state index contributed by atoms with van der Waals surface area (Å²) < 4.78 is 5.94. The van der Waals surface area contributed by atoms with E-state index in [1.54, 1.807) is 25.1 Å². The fourth-order valence-electron chi connectivity index (χ4n) is 1.43. The number of ketones is 1. The maximum Gasteiger partial charge on any atom is 0.206 e. The number of hydrogen-bond donors (Lipinski definition) is 0. The molecular weight excluding hydrogens is 232 g/mol. The first kappa shape index (κ1) is 10.5. The molecule has 15 heavy (non-hydrogen) atoms. The Bertz CT molecular complexity index is 510. The Morgan fingerprint density at radius 1 is 1.40 bits per heavy atom. The van der Waals surface area contributed by atoms with E-state index in [2.05, 4.69) is 0 Å². The summed E-state index contributed by atoms with van der Waals surface area (Å²) in [6.45, 7) is 3.61. The summed E-state index contributed by atoms with van der Waals surface area (Å²) in [4.78, 5) is 12.6. The molecule has 0 bridgehead atoms. The molecule has 0 fully saturated rings. The van der Waals surface area contributed by atoms with Crippen LogP contribution in [0.3, 0.4) is 0 Å². The topological polar surface area (TPSA) is 30.2 Å². The summed E-state index contributed by atoms with van der Waals surface area (Å²) >= 11 is 7.06. The zero-order chi connectivity index (χ0) is 11.0. The monoisotopic (exact) mass is 240 g/mol. The SMILES string of the molecule is Cc1cc(C(=O)c2ccc(Cl)s2)c(C)o1. The number of halogens is 1. The van der Waals surface area contributed by atoms with Gasteiger partial charge in [-0.3, -0.25) is 4.79 Å². The molecule has 0 atom stereocenters. The molecule has 2 rings (SSSR count). The van der Waals surface area contributed by atoms with E-state index in [1.165, 1.54) is 11.3 Å². The number of carbonyl (C=O) groups excluding carboxylic acids is 1. The van der Waals surface area contributed by atoms with Gasteiger partial charge in [0.1, 0.15) is 11.5 Å². The maximum atomic E-state index is 12.0. The van der Waals surface area contributed by atoms with E-state index < -0.39 is 0 Å². The third kappa shape index (κ3) is 1.98. The van der Waals surface area contributed by atoms with Gasteiger partial charge in [0.2, 0.25) is 5.78 Å². The minimum Gasteiger partial charge on any atom is -0.466 e. The molecule has 0 aromatic carbocycles. The Hall–Kier alpha value is -1.06. The van der Waals surface area contributed by atoms with Crippen molar-refractivity contribution in [1.82, 2.24) is 0 Å². The summed E-state index contributed by atoms with van der Waals surface area (Å²) in [5.74, 6) is 1.38. The molecule has 4 heteroatoms. The van der Waals surface area contributed by atoms with Gasteiger partial charge in [-0.2, -0.15) is 0 Å². The molecule has 0 aliphatic heterocycles. The van der Waals surface area contributed by atoms with Gasteiger partial charge in [-0.15, -0.1) is 11.3 Å². The second-order valence-electron chi connectivity index (χ2n) is 3.26. The van der Waals surface area contributed by atoms with Crippen molar-refractivity contribution < 1.29 is 9.21 Å². The van der Waals surface area contributed by atoms with Gasteiger partial charge in [-0.05, 0) is 32.0 Å². The minimum atomic E-state index is -0.0266. The van der Waals surface area contributed by atoms with Crippen LogP contribution in [0.4, 0.5) is 0 Å². The van der Waals surface area contributed by atoms with E-state index in [4.69, 9.17) is 16.0 Å². The maximum absolute atomic E-state index is 12.0. The molecule has 2 aromatic rings. The molecule has 0 spiro atoms. The van der Waals surface area contributed by atoms with Crippen molar-refractivity contribution in [3.8, 4) is 0 Å². The Kier molecular flexibility index (Phi) is 2.67. The quantitative estimate of drug-likeness (QED) is 0.747. The Morgan fingerprint density at radius 2 is 2.13 bits per heavy atom. The van der Waals surface area contributed by atoms with Crippen LogP contribution in [0.2, 0.25) is 4.34 Å². The van der Waals surface area contributed by atoms with Crippen molar-refractivity contribution in [2.45, 2.75) is 13.8 Å². The number of thiophene rings is 1. The fraction of sp³-hybridized carbons (Fsp3) is 0.182. The summed E-state index contributed by atoms with van der Waals surface area (Å²) in [6, 6.07) is 5.21. The highest BCUT2D eigenvalue weighted by Crippen LogP contribution is 2.25. The van der Waals surface area contributed by atoms with Crippen molar-refractivity contribution in [2.24, 2.45) is 0 Å².